The molecule has 2 aromatic rings. The molecular formula is C13H15FN2S. The van der Waals surface area contributed by atoms with Gasteiger partial charge in [0.2, 0.25) is 0 Å². The molecule has 0 amide bonds. The number of hydrogen-bond donors (Lipinski definition) is 1. The Morgan fingerprint density at radius 2 is 2.24 bits per heavy atom. The van der Waals surface area contributed by atoms with Gasteiger partial charge in [-0.05, 0) is 39.1 Å². The van der Waals surface area contributed by atoms with E-state index in [1.54, 1.807) is 17.4 Å². The average molecular weight is 250 g/mol. The quantitative estimate of drug-likeness (QED) is 0.902. The van der Waals surface area contributed by atoms with Crippen LogP contribution in [0.15, 0.2) is 24.3 Å². The van der Waals surface area contributed by atoms with Crippen LogP contribution in [0.3, 0.4) is 0 Å². The molecule has 0 spiro atoms. The van der Waals surface area contributed by atoms with E-state index < -0.39 is 0 Å². The molecule has 90 valence electrons. The maximum atomic E-state index is 13.1. The molecule has 0 aliphatic carbocycles. The van der Waals surface area contributed by atoms with Gasteiger partial charge in [0.15, 0.2) is 0 Å². The van der Waals surface area contributed by atoms with E-state index in [9.17, 15) is 4.39 Å². The standard InChI is InChI=1S/C13H15FN2S/c1-9-12(6-7-15-2)17-13(16-9)10-4-3-5-11(14)8-10/h3-5,8,15H,6-7H2,1-2H3. The number of halogens is 1. The van der Waals surface area contributed by atoms with Gasteiger partial charge in [0, 0.05) is 10.4 Å². The van der Waals surface area contributed by atoms with Crippen molar-refractivity contribution in [3.63, 3.8) is 0 Å². The van der Waals surface area contributed by atoms with Crippen molar-refractivity contribution in [2.75, 3.05) is 13.6 Å². The molecule has 0 aliphatic heterocycles. The molecule has 0 fully saturated rings. The molecule has 0 saturated carbocycles. The number of hydrogen-bond acceptors (Lipinski definition) is 3. The summed E-state index contributed by atoms with van der Waals surface area (Å²) < 4.78 is 13.1. The number of rotatable bonds is 4. The van der Waals surface area contributed by atoms with Crippen molar-refractivity contribution in [2.24, 2.45) is 0 Å². The number of thiazole rings is 1. The van der Waals surface area contributed by atoms with Gasteiger partial charge < -0.3 is 5.32 Å². The molecule has 1 aromatic carbocycles. The van der Waals surface area contributed by atoms with Crippen molar-refractivity contribution >= 4 is 11.3 Å². The van der Waals surface area contributed by atoms with Crippen LogP contribution in [0.5, 0.6) is 0 Å². The molecule has 0 bridgehead atoms. The lowest BCUT2D eigenvalue weighted by Crippen LogP contribution is -2.09. The number of aryl methyl sites for hydroxylation is 1. The number of nitrogens with zero attached hydrogens (tertiary/aromatic N) is 1. The van der Waals surface area contributed by atoms with Gasteiger partial charge in [-0.15, -0.1) is 11.3 Å². The smallest absolute Gasteiger partial charge is 0.123 e. The molecule has 4 heteroatoms. The third-order valence-corrected chi connectivity index (χ3v) is 3.83. The van der Waals surface area contributed by atoms with Crippen LogP contribution >= 0.6 is 11.3 Å². The Morgan fingerprint density at radius 1 is 1.41 bits per heavy atom. The number of benzene rings is 1. The summed E-state index contributed by atoms with van der Waals surface area (Å²) in [4.78, 5) is 5.76. The maximum Gasteiger partial charge on any atom is 0.123 e. The monoisotopic (exact) mass is 250 g/mol. The molecule has 1 N–H and O–H groups in total. The Balaban J connectivity index is 2.28. The van der Waals surface area contributed by atoms with E-state index in [1.165, 1.54) is 17.0 Å². The van der Waals surface area contributed by atoms with Crippen molar-refractivity contribution in [3.05, 3.63) is 40.7 Å². The highest BCUT2D eigenvalue weighted by Gasteiger charge is 2.09. The highest BCUT2D eigenvalue weighted by atomic mass is 32.1. The van der Waals surface area contributed by atoms with Crippen LogP contribution in [0.1, 0.15) is 10.6 Å². The zero-order valence-electron chi connectivity index (χ0n) is 9.96. The second kappa shape index (κ2) is 5.38. The summed E-state index contributed by atoms with van der Waals surface area (Å²) in [6.45, 7) is 2.94. The van der Waals surface area contributed by atoms with Gasteiger partial charge in [-0.3, -0.25) is 0 Å². The van der Waals surface area contributed by atoms with E-state index in [0.717, 1.165) is 29.2 Å². The van der Waals surface area contributed by atoms with E-state index in [1.807, 2.05) is 20.0 Å². The highest BCUT2D eigenvalue weighted by Crippen LogP contribution is 2.28. The second-order valence-corrected chi connectivity index (χ2v) is 4.98. The first-order chi connectivity index (χ1) is 8.20. The Kier molecular flexibility index (Phi) is 3.86. The van der Waals surface area contributed by atoms with Gasteiger partial charge in [0.05, 0.1) is 5.69 Å². The third kappa shape index (κ3) is 2.90. The first kappa shape index (κ1) is 12.2. The van der Waals surface area contributed by atoms with Crippen molar-refractivity contribution in [2.45, 2.75) is 13.3 Å². The van der Waals surface area contributed by atoms with Crippen LogP contribution in [-0.2, 0) is 6.42 Å². The Hall–Kier alpha value is -1.26. The summed E-state index contributed by atoms with van der Waals surface area (Å²) >= 11 is 1.64. The van der Waals surface area contributed by atoms with Gasteiger partial charge in [-0.1, -0.05) is 12.1 Å². The van der Waals surface area contributed by atoms with Crippen LogP contribution < -0.4 is 5.32 Å². The first-order valence-electron chi connectivity index (χ1n) is 5.57. The molecule has 17 heavy (non-hydrogen) atoms. The first-order valence-corrected chi connectivity index (χ1v) is 6.39. The van der Waals surface area contributed by atoms with Gasteiger partial charge in [0.25, 0.3) is 0 Å². The van der Waals surface area contributed by atoms with Crippen LogP contribution in [0.2, 0.25) is 0 Å². The molecular weight excluding hydrogens is 235 g/mol. The van der Waals surface area contributed by atoms with E-state index in [2.05, 4.69) is 10.3 Å². The van der Waals surface area contributed by atoms with Crippen LogP contribution in [-0.4, -0.2) is 18.6 Å². The van der Waals surface area contributed by atoms with Crippen LogP contribution in [0.25, 0.3) is 10.6 Å². The van der Waals surface area contributed by atoms with Crippen molar-refractivity contribution in [1.82, 2.24) is 10.3 Å². The lowest BCUT2D eigenvalue weighted by Gasteiger charge is -1.96. The Bertz CT molecular complexity index is 508. The highest BCUT2D eigenvalue weighted by molar-refractivity contribution is 7.15. The lowest BCUT2D eigenvalue weighted by molar-refractivity contribution is 0.628. The summed E-state index contributed by atoms with van der Waals surface area (Å²) in [7, 11) is 1.93. The fourth-order valence-corrected chi connectivity index (χ4v) is 2.70. The van der Waals surface area contributed by atoms with Gasteiger partial charge in [0.1, 0.15) is 10.8 Å². The minimum absolute atomic E-state index is 0.216. The molecule has 0 radical (unpaired) electrons. The molecule has 0 aliphatic rings. The molecule has 1 aromatic heterocycles. The van der Waals surface area contributed by atoms with Crippen LogP contribution in [0.4, 0.5) is 4.39 Å². The molecule has 2 nitrogen and oxygen atoms in total. The number of aromatic nitrogens is 1. The summed E-state index contributed by atoms with van der Waals surface area (Å²) in [6.07, 6.45) is 0.968. The van der Waals surface area contributed by atoms with Crippen LogP contribution in [0, 0.1) is 12.7 Å². The zero-order valence-corrected chi connectivity index (χ0v) is 10.8. The zero-order chi connectivity index (χ0) is 12.3. The van der Waals surface area contributed by atoms with Gasteiger partial charge in [-0.25, -0.2) is 9.37 Å². The molecule has 0 atom stereocenters. The van der Waals surface area contributed by atoms with Gasteiger partial charge >= 0.3 is 0 Å². The normalized spacial score (nSPS) is 10.8. The second-order valence-electron chi connectivity index (χ2n) is 3.89. The average Bonchev–Trinajstić information content (AvgIpc) is 2.68. The summed E-state index contributed by atoms with van der Waals surface area (Å²) in [5.74, 6) is -0.216. The van der Waals surface area contributed by atoms with E-state index in [-0.39, 0.29) is 5.82 Å². The molecule has 1 heterocycles. The third-order valence-electron chi connectivity index (χ3n) is 2.57. The fourth-order valence-electron chi connectivity index (χ4n) is 1.64. The topological polar surface area (TPSA) is 24.9 Å². The lowest BCUT2D eigenvalue weighted by atomic mass is 10.2. The Morgan fingerprint density at radius 3 is 2.94 bits per heavy atom. The van der Waals surface area contributed by atoms with Crippen molar-refractivity contribution < 1.29 is 4.39 Å². The SMILES string of the molecule is CNCCc1sc(-c2cccc(F)c2)nc1C. The van der Waals surface area contributed by atoms with E-state index in [0.29, 0.717) is 0 Å². The molecule has 0 saturated heterocycles. The number of likely N-dealkylation sites (N-methyl/N-ethyl adjacent to an activating group) is 1. The van der Waals surface area contributed by atoms with E-state index in [4.69, 9.17) is 0 Å². The summed E-state index contributed by atoms with van der Waals surface area (Å²) in [5.41, 5.74) is 1.90. The Labute approximate surface area is 105 Å². The fraction of sp³-hybridized carbons (Fsp3) is 0.308. The number of nitrogens with one attached hydrogen (secondary N) is 1. The van der Waals surface area contributed by atoms with E-state index >= 15 is 0 Å². The molecule has 2 rings (SSSR count). The summed E-state index contributed by atoms with van der Waals surface area (Å²) in [6, 6.07) is 6.59. The predicted molar refractivity (Wildman–Crippen MR) is 69.9 cm³/mol. The predicted octanol–water partition coefficient (Wildman–Crippen LogP) is 3.02. The van der Waals surface area contributed by atoms with Crippen molar-refractivity contribution in [1.29, 1.82) is 0 Å². The largest absolute Gasteiger partial charge is 0.319 e. The minimum Gasteiger partial charge on any atom is -0.319 e. The molecule has 0 unspecified atom stereocenters. The minimum atomic E-state index is -0.216. The van der Waals surface area contributed by atoms with Gasteiger partial charge in [-0.2, -0.15) is 0 Å². The van der Waals surface area contributed by atoms with Crippen molar-refractivity contribution in [3.8, 4) is 10.6 Å². The summed E-state index contributed by atoms with van der Waals surface area (Å²) in [5, 5.41) is 4.02. The maximum absolute atomic E-state index is 13.1.